The van der Waals surface area contributed by atoms with Crippen molar-refractivity contribution in [2.24, 2.45) is 0 Å². The quantitative estimate of drug-likeness (QED) is 0.619. The molecule has 2 aromatic rings. The average molecular weight is 430 g/mol. The molecule has 158 valence electrons. The number of ether oxygens (including phenoxy) is 3. The van der Waals surface area contributed by atoms with Gasteiger partial charge in [0.1, 0.15) is 0 Å². The molecular weight excluding hydrogens is 408 g/mol. The zero-order valence-corrected chi connectivity index (χ0v) is 17.5. The van der Waals surface area contributed by atoms with Crippen molar-refractivity contribution in [3.05, 3.63) is 42.0 Å². The molecule has 0 spiro atoms. The summed E-state index contributed by atoms with van der Waals surface area (Å²) in [5.74, 6) is 0.174. The summed E-state index contributed by atoms with van der Waals surface area (Å²) in [7, 11) is 0. The van der Waals surface area contributed by atoms with Crippen LogP contribution in [0, 0.1) is 0 Å². The molecule has 2 N–H and O–H groups in total. The highest BCUT2D eigenvalue weighted by Crippen LogP contribution is 2.32. The molecular formula is C21H22N2O6S. The molecule has 0 saturated carbocycles. The Balaban J connectivity index is 1.58. The number of carbonyl (C=O) groups excluding carboxylic acids is 3. The number of esters is 1. The minimum atomic E-state index is -0.653. The van der Waals surface area contributed by atoms with Gasteiger partial charge in [-0.3, -0.25) is 9.59 Å². The standard InChI is InChI=1S/C21H22N2O6S/c1-3-27-16-7-6-14(10-17(16)28-4-2)22-19(24)11-29-21(26)13-5-8-18-15(9-13)23-20(25)12-30-18/h5-10H,3-4,11-12H2,1-2H3,(H,22,24)(H,23,25). The Labute approximate surface area is 178 Å². The van der Waals surface area contributed by atoms with E-state index in [0.717, 1.165) is 4.90 Å². The van der Waals surface area contributed by atoms with E-state index in [1.165, 1.54) is 11.8 Å². The second kappa shape index (κ2) is 10.0. The molecule has 0 aliphatic carbocycles. The summed E-state index contributed by atoms with van der Waals surface area (Å²) in [6.45, 7) is 4.22. The number of carbonyl (C=O) groups is 3. The van der Waals surface area contributed by atoms with Gasteiger partial charge in [-0.25, -0.2) is 4.79 Å². The first-order valence-electron chi connectivity index (χ1n) is 9.43. The normalized spacial score (nSPS) is 12.4. The van der Waals surface area contributed by atoms with Gasteiger partial charge < -0.3 is 24.8 Å². The van der Waals surface area contributed by atoms with Gasteiger partial charge in [-0.05, 0) is 44.2 Å². The van der Waals surface area contributed by atoms with Crippen molar-refractivity contribution < 1.29 is 28.6 Å². The first-order valence-corrected chi connectivity index (χ1v) is 10.4. The molecule has 30 heavy (non-hydrogen) atoms. The molecule has 0 atom stereocenters. The van der Waals surface area contributed by atoms with E-state index < -0.39 is 18.5 Å². The van der Waals surface area contributed by atoms with Crippen LogP contribution in [0.5, 0.6) is 11.5 Å². The van der Waals surface area contributed by atoms with Gasteiger partial charge in [-0.1, -0.05) is 0 Å². The summed E-state index contributed by atoms with van der Waals surface area (Å²) in [6.07, 6.45) is 0. The van der Waals surface area contributed by atoms with Crippen molar-refractivity contribution in [3.63, 3.8) is 0 Å². The highest BCUT2D eigenvalue weighted by molar-refractivity contribution is 8.00. The zero-order chi connectivity index (χ0) is 21.5. The molecule has 3 rings (SSSR count). The van der Waals surface area contributed by atoms with Gasteiger partial charge in [0.2, 0.25) is 5.91 Å². The number of nitrogens with one attached hydrogen (secondary N) is 2. The van der Waals surface area contributed by atoms with Gasteiger partial charge in [-0.2, -0.15) is 0 Å². The van der Waals surface area contributed by atoms with Crippen LogP contribution in [-0.4, -0.2) is 43.4 Å². The molecule has 2 aromatic carbocycles. The third-order valence-electron chi connectivity index (χ3n) is 4.01. The molecule has 0 radical (unpaired) electrons. The molecule has 2 amide bonds. The minimum Gasteiger partial charge on any atom is -0.490 e. The third-order valence-corrected chi connectivity index (χ3v) is 5.08. The number of benzene rings is 2. The molecule has 0 saturated heterocycles. The molecule has 1 aliphatic rings. The van der Waals surface area contributed by atoms with Crippen LogP contribution in [0.1, 0.15) is 24.2 Å². The van der Waals surface area contributed by atoms with Crippen molar-refractivity contribution >= 4 is 40.9 Å². The highest BCUT2D eigenvalue weighted by atomic mass is 32.2. The fourth-order valence-electron chi connectivity index (χ4n) is 2.75. The second-order valence-electron chi connectivity index (χ2n) is 6.20. The smallest absolute Gasteiger partial charge is 0.338 e. The van der Waals surface area contributed by atoms with E-state index in [9.17, 15) is 14.4 Å². The van der Waals surface area contributed by atoms with E-state index in [1.54, 1.807) is 36.4 Å². The highest BCUT2D eigenvalue weighted by Gasteiger charge is 2.18. The maximum atomic E-state index is 12.3. The third kappa shape index (κ3) is 5.44. The van der Waals surface area contributed by atoms with Crippen LogP contribution in [0.25, 0.3) is 0 Å². The lowest BCUT2D eigenvalue weighted by atomic mass is 10.2. The summed E-state index contributed by atoms with van der Waals surface area (Å²) >= 11 is 1.40. The number of anilines is 2. The number of hydrogen-bond acceptors (Lipinski definition) is 7. The molecule has 1 aliphatic heterocycles. The van der Waals surface area contributed by atoms with Crippen LogP contribution < -0.4 is 20.1 Å². The first-order chi connectivity index (χ1) is 14.5. The molecule has 1 heterocycles. The van der Waals surface area contributed by atoms with Crippen LogP contribution in [0.15, 0.2) is 41.3 Å². The Hall–Kier alpha value is -3.20. The van der Waals surface area contributed by atoms with Gasteiger partial charge >= 0.3 is 5.97 Å². The number of amides is 2. The van der Waals surface area contributed by atoms with E-state index in [0.29, 0.717) is 41.8 Å². The summed E-state index contributed by atoms with van der Waals surface area (Å²) < 4.78 is 16.1. The van der Waals surface area contributed by atoms with Crippen LogP contribution in [0.2, 0.25) is 0 Å². The van der Waals surface area contributed by atoms with E-state index in [1.807, 2.05) is 13.8 Å². The van der Waals surface area contributed by atoms with E-state index >= 15 is 0 Å². The minimum absolute atomic E-state index is 0.126. The fourth-order valence-corrected chi connectivity index (χ4v) is 3.54. The lowest BCUT2D eigenvalue weighted by molar-refractivity contribution is -0.119. The van der Waals surface area contributed by atoms with Gasteiger partial charge in [0.25, 0.3) is 5.91 Å². The molecule has 9 heteroatoms. The molecule has 8 nitrogen and oxygen atoms in total. The molecule has 0 bridgehead atoms. The van der Waals surface area contributed by atoms with Gasteiger partial charge in [0, 0.05) is 16.6 Å². The average Bonchev–Trinajstić information content (AvgIpc) is 2.73. The van der Waals surface area contributed by atoms with Crippen LogP contribution in [-0.2, 0) is 14.3 Å². The molecule has 0 unspecified atom stereocenters. The summed E-state index contributed by atoms with van der Waals surface area (Å²) in [5.41, 5.74) is 1.31. The Bertz CT molecular complexity index is 963. The summed E-state index contributed by atoms with van der Waals surface area (Å²) in [6, 6.07) is 9.92. The Morgan fingerprint density at radius 2 is 1.83 bits per heavy atom. The molecule has 0 aromatic heterocycles. The van der Waals surface area contributed by atoms with Crippen molar-refractivity contribution in [2.45, 2.75) is 18.7 Å². The number of rotatable bonds is 8. The lowest BCUT2D eigenvalue weighted by Crippen LogP contribution is -2.22. The Kier molecular flexibility index (Phi) is 7.18. The van der Waals surface area contributed by atoms with E-state index in [2.05, 4.69) is 10.6 Å². The summed E-state index contributed by atoms with van der Waals surface area (Å²) in [5, 5.41) is 5.37. The first kappa shape index (κ1) is 21.5. The predicted molar refractivity (Wildman–Crippen MR) is 113 cm³/mol. The molecule has 0 fully saturated rings. The number of fused-ring (bicyclic) bond motifs is 1. The largest absolute Gasteiger partial charge is 0.490 e. The van der Waals surface area contributed by atoms with E-state index in [-0.39, 0.29) is 11.5 Å². The van der Waals surface area contributed by atoms with E-state index in [4.69, 9.17) is 14.2 Å². The predicted octanol–water partition coefficient (Wildman–Crippen LogP) is 3.32. The Morgan fingerprint density at radius 3 is 2.60 bits per heavy atom. The van der Waals surface area contributed by atoms with Crippen molar-refractivity contribution in [1.29, 1.82) is 0 Å². The SMILES string of the molecule is CCOc1ccc(NC(=O)COC(=O)c2ccc3c(c2)NC(=O)CS3)cc1OCC. The topological polar surface area (TPSA) is 103 Å². The fraction of sp³-hybridized carbons (Fsp3) is 0.286. The monoisotopic (exact) mass is 430 g/mol. The van der Waals surface area contributed by atoms with Crippen molar-refractivity contribution in [2.75, 3.05) is 36.2 Å². The maximum Gasteiger partial charge on any atom is 0.338 e. The van der Waals surface area contributed by atoms with Crippen LogP contribution in [0.4, 0.5) is 11.4 Å². The maximum absolute atomic E-state index is 12.3. The summed E-state index contributed by atoms with van der Waals surface area (Å²) in [4.78, 5) is 36.8. The lowest BCUT2D eigenvalue weighted by Gasteiger charge is -2.16. The number of thioether (sulfide) groups is 1. The van der Waals surface area contributed by atoms with Gasteiger partial charge in [0.05, 0.1) is 30.2 Å². The van der Waals surface area contributed by atoms with Crippen LogP contribution in [0.3, 0.4) is 0 Å². The Morgan fingerprint density at radius 1 is 1.07 bits per heavy atom. The zero-order valence-electron chi connectivity index (χ0n) is 16.7. The van der Waals surface area contributed by atoms with Crippen LogP contribution >= 0.6 is 11.8 Å². The van der Waals surface area contributed by atoms with Crippen molar-refractivity contribution in [1.82, 2.24) is 0 Å². The second-order valence-corrected chi connectivity index (χ2v) is 7.22. The van der Waals surface area contributed by atoms with Gasteiger partial charge in [0.15, 0.2) is 18.1 Å². The van der Waals surface area contributed by atoms with Crippen molar-refractivity contribution in [3.8, 4) is 11.5 Å². The van der Waals surface area contributed by atoms with Gasteiger partial charge in [-0.15, -0.1) is 11.8 Å². The number of hydrogen-bond donors (Lipinski definition) is 2.